The van der Waals surface area contributed by atoms with E-state index in [0.717, 1.165) is 34.6 Å². The molecule has 0 fully saturated rings. The van der Waals surface area contributed by atoms with Gasteiger partial charge in [0.25, 0.3) is 0 Å². The van der Waals surface area contributed by atoms with Crippen LogP contribution < -0.4 is 10.6 Å². The summed E-state index contributed by atoms with van der Waals surface area (Å²) >= 11 is 0. The number of benzene rings is 2. The van der Waals surface area contributed by atoms with Gasteiger partial charge in [-0.3, -0.25) is 4.79 Å². The Bertz CT molecular complexity index is 1210. The second-order valence-electron chi connectivity index (χ2n) is 10.6. The molecule has 0 spiro atoms. The Morgan fingerprint density at radius 2 is 1.69 bits per heavy atom. The summed E-state index contributed by atoms with van der Waals surface area (Å²) in [5.74, 6) is 0.514. The van der Waals surface area contributed by atoms with Crippen LogP contribution in [0.25, 0.3) is 5.69 Å². The van der Waals surface area contributed by atoms with Crippen molar-refractivity contribution >= 4 is 23.4 Å². The van der Waals surface area contributed by atoms with Gasteiger partial charge in [0.05, 0.1) is 11.4 Å². The lowest BCUT2D eigenvalue weighted by Gasteiger charge is -2.25. The fourth-order valence-corrected chi connectivity index (χ4v) is 3.98. The molecule has 0 bridgehead atoms. The smallest absolute Gasteiger partial charge is 0.315 e. The Morgan fingerprint density at radius 1 is 1.03 bits per heavy atom. The third-order valence-electron chi connectivity index (χ3n) is 5.94. The average Bonchev–Trinajstić information content (AvgIpc) is 3.23. The standard InChI is InChI=1S/C29H39N5O2/c1-8-22-14-10-11-15-23(22)30-28(36)33(18-20(2)3)19-27(35)31-26-17-25(29(5,6)7)32-34(26)24-16-12-9-13-21(24)4/h9-17,20H,8,18-19H2,1-7H3,(H,30,36)(H,31,35). The van der Waals surface area contributed by atoms with Crippen molar-refractivity contribution in [3.05, 3.63) is 71.4 Å². The fourth-order valence-electron chi connectivity index (χ4n) is 3.98. The van der Waals surface area contributed by atoms with Gasteiger partial charge < -0.3 is 15.5 Å². The normalized spacial score (nSPS) is 11.4. The lowest BCUT2D eigenvalue weighted by molar-refractivity contribution is -0.116. The first-order chi connectivity index (χ1) is 17.0. The molecule has 2 N–H and O–H groups in total. The van der Waals surface area contributed by atoms with E-state index in [0.29, 0.717) is 12.4 Å². The number of nitrogens with zero attached hydrogens (tertiary/aromatic N) is 3. The van der Waals surface area contributed by atoms with Gasteiger partial charge in [0.2, 0.25) is 5.91 Å². The number of para-hydroxylation sites is 2. The molecule has 1 heterocycles. The molecule has 0 unspecified atom stereocenters. The lowest BCUT2D eigenvalue weighted by Crippen LogP contribution is -2.42. The van der Waals surface area contributed by atoms with E-state index in [2.05, 4.69) is 31.4 Å². The van der Waals surface area contributed by atoms with Crippen LogP contribution in [0.4, 0.5) is 16.3 Å². The molecule has 1 aromatic heterocycles. The number of aromatic nitrogens is 2. The quantitative estimate of drug-likeness (QED) is 0.397. The van der Waals surface area contributed by atoms with Crippen molar-refractivity contribution < 1.29 is 9.59 Å². The molecule has 3 rings (SSSR count). The predicted molar refractivity (Wildman–Crippen MR) is 147 cm³/mol. The molecule has 3 amide bonds. The summed E-state index contributed by atoms with van der Waals surface area (Å²) in [6.07, 6.45) is 0.806. The zero-order chi connectivity index (χ0) is 26.5. The first kappa shape index (κ1) is 27.0. The molecule has 0 saturated carbocycles. The molecule has 7 nitrogen and oxygen atoms in total. The van der Waals surface area contributed by atoms with Gasteiger partial charge in [-0.2, -0.15) is 5.10 Å². The molecule has 0 aliphatic rings. The highest BCUT2D eigenvalue weighted by atomic mass is 16.2. The van der Waals surface area contributed by atoms with Crippen LogP contribution in [0.15, 0.2) is 54.6 Å². The maximum atomic E-state index is 13.2. The number of hydrogen-bond donors (Lipinski definition) is 2. The van der Waals surface area contributed by atoms with E-state index in [-0.39, 0.29) is 29.8 Å². The Morgan fingerprint density at radius 3 is 2.33 bits per heavy atom. The summed E-state index contributed by atoms with van der Waals surface area (Å²) < 4.78 is 1.78. The molecular weight excluding hydrogens is 450 g/mol. The van der Waals surface area contributed by atoms with Crippen molar-refractivity contribution in [1.29, 1.82) is 0 Å². The number of carbonyl (C=O) groups excluding carboxylic acids is 2. The van der Waals surface area contributed by atoms with E-state index >= 15 is 0 Å². The third kappa shape index (κ3) is 6.74. The van der Waals surface area contributed by atoms with Crippen molar-refractivity contribution in [2.45, 2.75) is 60.3 Å². The largest absolute Gasteiger partial charge is 0.322 e. The van der Waals surface area contributed by atoms with Crippen LogP contribution >= 0.6 is 0 Å². The van der Waals surface area contributed by atoms with Crippen LogP contribution in [0, 0.1) is 12.8 Å². The van der Waals surface area contributed by atoms with Gasteiger partial charge in [0.1, 0.15) is 12.4 Å². The SMILES string of the molecule is CCc1ccccc1NC(=O)N(CC(=O)Nc1cc(C(C)(C)C)nn1-c1ccccc1C)CC(C)C. The van der Waals surface area contributed by atoms with Gasteiger partial charge in [0, 0.05) is 23.7 Å². The zero-order valence-corrected chi connectivity index (χ0v) is 22.6. The van der Waals surface area contributed by atoms with Gasteiger partial charge in [0.15, 0.2) is 0 Å². The summed E-state index contributed by atoms with van der Waals surface area (Å²) in [5, 5.41) is 10.8. The third-order valence-corrected chi connectivity index (χ3v) is 5.94. The van der Waals surface area contributed by atoms with E-state index in [9.17, 15) is 9.59 Å². The number of rotatable bonds is 8. The number of amides is 3. The monoisotopic (exact) mass is 489 g/mol. The van der Waals surface area contributed by atoms with Gasteiger partial charge in [-0.15, -0.1) is 0 Å². The number of anilines is 2. The number of aryl methyl sites for hydroxylation is 2. The Hall–Kier alpha value is -3.61. The van der Waals surface area contributed by atoms with Crippen molar-refractivity contribution in [3.8, 4) is 5.69 Å². The van der Waals surface area contributed by atoms with E-state index in [1.807, 2.05) is 82.3 Å². The van der Waals surface area contributed by atoms with Crippen LogP contribution in [0.5, 0.6) is 0 Å². The number of urea groups is 1. The van der Waals surface area contributed by atoms with Gasteiger partial charge in [-0.1, -0.05) is 77.9 Å². The van der Waals surface area contributed by atoms with Gasteiger partial charge >= 0.3 is 6.03 Å². The van der Waals surface area contributed by atoms with Crippen molar-refractivity contribution in [2.75, 3.05) is 23.7 Å². The van der Waals surface area contributed by atoms with Crippen LogP contribution in [-0.2, 0) is 16.6 Å². The molecule has 3 aromatic rings. The molecule has 0 atom stereocenters. The topological polar surface area (TPSA) is 79.3 Å². The Kier molecular flexibility index (Phi) is 8.56. The molecule has 0 saturated heterocycles. The minimum Gasteiger partial charge on any atom is -0.315 e. The second kappa shape index (κ2) is 11.4. The number of hydrogen-bond acceptors (Lipinski definition) is 3. The van der Waals surface area contributed by atoms with Gasteiger partial charge in [-0.25, -0.2) is 9.48 Å². The molecule has 2 aromatic carbocycles. The minimum atomic E-state index is -0.289. The highest BCUT2D eigenvalue weighted by Crippen LogP contribution is 2.27. The minimum absolute atomic E-state index is 0.0674. The van der Waals surface area contributed by atoms with Crippen molar-refractivity contribution in [3.63, 3.8) is 0 Å². The number of carbonyl (C=O) groups is 2. The molecule has 7 heteroatoms. The van der Waals surface area contributed by atoms with E-state index in [4.69, 9.17) is 5.10 Å². The maximum absolute atomic E-state index is 13.2. The molecule has 36 heavy (non-hydrogen) atoms. The molecule has 192 valence electrons. The van der Waals surface area contributed by atoms with Crippen LogP contribution in [0.1, 0.15) is 58.4 Å². The highest BCUT2D eigenvalue weighted by molar-refractivity contribution is 5.97. The summed E-state index contributed by atoms with van der Waals surface area (Å²) in [4.78, 5) is 28.0. The van der Waals surface area contributed by atoms with Gasteiger partial charge in [-0.05, 0) is 42.5 Å². The van der Waals surface area contributed by atoms with Crippen molar-refractivity contribution in [1.82, 2.24) is 14.7 Å². The summed E-state index contributed by atoms with van der Waals surface area (Å²) in [7, 11) is 0. The lowest BCUT2D eigenvalue weighted by atomic mass is 9.92. The van der Waals surface area contributed by atoms with E-state index in [1.54, 1.807) is 9.58 Å². The maximum Gasteiger partial charge on any atom is 0.322 e. The summed E-state index contributed by atoms with van der Waals surface area (Å²) in [5.41, 5.74) is 4.45. The Labute approximate surface area is 214 Å². The first-order valence-electron chi connectivity index (χ1n) is 12.6. The molecule has 0 aliphatic heterocycles. The molecule has 0 aliphatic carbocycles. The molecular formula is C29H39N5O2. The average molecular weight is 490 g/mol. The van der Waals surface area contributed by atoms with Crippen LogP contribution in [0.2, 0.25) is 0 Å². The van der Waals surface area contributed by atoms with E-state index < -0.39 is 0 Å². The van der Waals surface area contributed by atoms with Crippen LogP contribution in [-0.4, -0.2) is 39.7 Å². The zero-order valence-electron chi connectivity index (χ0n) is 22.6. The van der Waals surface area contributed by atoms with E-state index in [1.165, 1.54) is 0 Å². The second-order valence-corrected chi connectivity index (χ2v) is 10.6. The fraction of sp³-hybridized carbons (Fsp3) is 0.414. The summed E-state index contributed by atoms with van der Waals surface area (Å²) in [6.45, 7) is 14.8. The predicted octanol–water partition coefficient (Wildman–Crippen LogP) is 6.17. The number of nitrogens with one attached hydrogen (secondary N) is 2. The molecule has 0 radical (unpaired) electrons. The first-order valence-corrected chi connectivity index (χ1v) is 12.6. The Balaban J connectivity index is 1.84. The van der Waals surface area contributed by atoms with Crippen LogP contribution in [0.3, 0.4) is 0 Å². The van der Waals surface area contributed by atoms with Crippen molar-refractivity contribution in [2.24, 2.45) is 5.92 Å². The highest BCUT2D eigenvalue weighted by Gasteiger charge is 2.24. The summed E-state index contributed by atoms with van der Waals surface area (Å²) in [6, 6.07) is 17.3.